The zero-order valence-corrected chi connectivity index (χ0v) is 13.2. The number of likely N-dealkylation sites (N-methyl/N-ethyl adjacent to an activating group) is 1. The molecule has 0 spiro atoms. The highest BCUT2D eigenvalue weighted by Gasteiger charge is 2.11. The Kier molecular flexibility index (Phi) is 6.78. The first-order valence-corrected chi connectivity index (χ1v) is 6.83. The van der Waals surface area contributed by atoms with Crippen molar-refractivity contribution >= 4 is 35.1 Å². The molecule has 0 atom stereocenters. The zero-order valence-electron chi connectivity index (χ0n) is 11.7. The number of amidine groups is 1. The fraction of sp³-hybridized carbons (Fsp3) is 0.385. The van der Waals surface area contributed by atoms with Crippen LogP contribution in [0.3, 0.4) is 0 Å². The second-order valence-electron chi connectivity index (χ2n) is 4.43. The van der Waals surface area contributed by atoms with Crippen molar-refractivity contribution in [1.29, 1.82) is 0 Å². The van der Waals surface area contributed by atoms with Crippen LogP contribution in [0.25, 0.3) is 0 Å². The SMILES string of the molecule is COC(=NCC[NH+](C)C)NC(=O)c1ccc(Cl)c(Cl)c1. The first kappa shape index (κ1) is 16.8. The lowest BCUT2D eigenvalue weighted by Crippen LogP contribution is -3.06. The molecule has 0 aliphatic rings. The van der Waals surface area contributed by atoms with Gasteiger partial charge in [0.2, 0.25) is 0 Å². The number of rotatable bonds is 4. The first-order valence-electron chi connectivity index (χ1n) is 6.08. The molecule has 1 aromatic carbocycles. The summed E-state index contributed by atoms with van der Waals surface area (Å²) in [5.41, 5.74) is 0.391. The van der Waals surface area contributed by atoms with E-state index in [0.29, 0.717) is 22.2 Å². The first-order chi connectivity index (χ1) is 9.43. The van der Waals surface area contributed by atoms with Crippen molar-refractivity contribution in [3.8, 4) is 0 Å². The topological polar surface area (TPSA) is 55.1 Å². The van der Waals surface area contributed by atoms with Crippen molar-refractivity contribution in [2.24, 2.45) is 4.99 Å². The number of hydrogen-bond acceptors (Lipinski definition) is 3. The number of carbonyl (C=O) groups is 1. The minimum Gasteiger partial charge on any atom is -0.468 e. The Morgan fingerprint density at radius 1 is 1.35 bits per heavy atom. The van der Waals surface area contributed by atoms with Crippen LogP contribution in [0.5, 0.6) is 0 Å². The normalized spacial score (nSPS) is 11.6. The van der Waals surface area contributed by atoms with Crippen LogP contribution in [-0.4, -0.2) is 46.2 Å². The van der Waals surface area contributed by atoms with Crippen LogP contribution in [0.2, 0.25) is 10.0 Å². The molecule has 20 heavy (non-hydrogen) atoms. The predicted molar refractivity (Wildman–Crippen MR) is 80.9 cm³/mol. The third-order valence-electron chi connectivity index (χ3n) is 2.46. The van der Waals surface area contributed by atoms with Crippen LogP contribution in [-0.2, 0) is 4.74 Å². The average molecular weight is 319 g/mol. The van der Waals surface area contributed by atoms with Crippen molar-refractivity contribution in [2.75, 3.05) is 34.3 Å². The van der Waals surface area contributed by atoms with E-state index >= 15 is 0 Å². The molecule has 1 aromatic rings. The molecular weight excluding hydrogens is 301 g/mol. The molecular formula is C13H18Cl2N3O2+. The molecule has 0 aliphatic carbocycles. The van der Waals surface area contributed by atoms with Crippen LogP contribution in [0.15, 0.2) is 23.2 Å². The highest BCUT2D eigenvalue weighted by molar-refractivity contribution is 6.42. The molecule has 0 unspecified atom stereocenters. The standard InChI is InChI=1S/C13H17Cl2N3O2/c1-18(2)7-6-16-13(20-3)17-12(19)9-4-5-10(14)11(15)8-9/h4-5,8H,6-7H2,1-3H3,(H,16,17,19)/p+1. The molecule has 1 rings (SSSR count). The molecule has 7 heteroatoms. The summed E-state index contributed by atoms with van der Waals surface area (Å²) in [5.74, 6) is -0.346. The largest absolute Gasteiger partial charge is 0.468 e. The molecule has 5 nitrogen and oxygen atoms in total. The highest BCUT2D eigenvalue weighted by Crippen LogP contribution is 2.22. The van der Waals surface area contributed by atoms with Crippen molar-refractivity contribution < 1.29 is 14.4 Å². The smallest absolute Gasteiger partial charge is 0.291 e. The third-order valence-corrected chi connectivity index (χ3v) is 3.20. The number of benzene rings is 1. The van der Waals surface area contributed by atoms with E-state index in [-0.39, 0.29) is 11.9 Å². The van der Waals surface area contributed by atoms with Crippen LogP contribution < -0.4 is 10.2 Å². The zero-order chi connectivity index (χ0) is 15.1. The number of amides is 1. The van der Waals surface area contributed by atoms with Gasteiger partial charge in [-0.15, -0.1) is 0 Å². The van der Waals surface area contributed by atoms with E-state index in [0.717, 1.165) is 6.54 Å². The Morgan fingerprint density at radius 3 is 2.60 bits per heavy atom. The van der Waals surface area contributed by atoms with Crippen LogP contribution in [0, 0.1) is 0 Å². The Hall–Kier alpha value is -1.30. The molecule has 0 fully saturated rings. The molecule has 2 N–H and O–H groups in total. The lowest BCUT2D eigenvalue weighted by Gasteiger charge is -2.09. The van der Waals surface area contributed by atoms with Gasteiger partial charge in [-0.1, -0.05) is 23.2 Å². The molecule has 0 radical (unpaired) electrons. The van der Waals surface area contributed by atoms with Crippen molar-refractivity contribution in [1.82, 2.24) is 5.32 Å². The van der Waals surface area contributed by atoms with Gasteiger partial charge < -0.3 is 9.64 Å². The number of carbonyl (C=O) groups excluding carboxylic acids is 1. The van der Waals surface area contributed by atoms with Gasteiger partial charge in [-0.05, 0) is 18.2 Å². The Morgan fingerprint density at radius 2 is 2.05 bits per heavy atom. The van der Waals surface area contributed by atoms with Crippen LogP contribution >= 0.6 is 23.2 Å². The third kappa shape index (κ3) is 5.36. The summed E-state index contributed by atoms with van der Waals surface area (Å²) in [6, 6.07) is 4.83. The lowest BCUT2D eigenvalue weighted by molar-refractivity contribution is -0.856. The number of ether oxygens (including phenoxy) is 1. The minimum absolute atomic E-state index is 0.183. The molecule has 0 saturated carbocycles. The molecule has 0 aromatic heterocycles. The number of hydrogen-bond donors (Lipinski definition) is 2. The van der Waals surface area contributed by atoms with Gasteiger partial charge >= 0.3 is 0 Å². The quantitative estimate of drug-likeness (QED) is 0.639. The molecule has 0 bridgehead atoms. The summed E-state index contributed by atoms with van der Waals surface area (Å²) in [4.78, 5) is 17.4. The van der Waals surface area contributed by atoms with Gasteiger partial charge in [0.1, 0.15) is 0 Å². The monoisotopic (exact) mass is 318 g/mol. The Labute approximate surface area is 128 Å². The van der Waals surface area contributed by atoms with Crippen molar-refractivity contribution in [3.63, 3.8) is 0 Å². The van der Waals surface area contributed by atoms with Gasteiger partial charge in [0.05, 0.1) is 44.3 Å². The number of quaternary nitrogens is 1. The van der Waals surface area contributed by atoms with Crippen LogP contribution in [0.1, 0.15) is 10.4 Å². The van der Waals surface area contributed by atoms with Gasteiger partial charge in [0, 0.05) is 5.56 Å². The van der Waals surface area contributed by atoms with E-state index in [1.165, 1.54) is 18.1 Å². The van der Waals surface area contributed by atoms with E-state index < -0.39 is 0 Å². The molecule has 0 saturated heterocycles. The second-order valence-corrected chi connectivity index (χ2v) is 5.25. The maximum Gasteiger partial charge on any atom is 0.291 e. The van der Waals surface area contributed by atoms with Crippen molar-refractivity contribution in [3.05, 3.63) is 33.8 Å². The lowest BCUT2D eigenvalue weighted by atomic mass is 10.2. The van der Waals surface area contributed by atoms with E-state index in [4.69, 9.17) is 27.9 Å². The van der Waals surface area contributed by atoms with Crippen LogP contribution in [0.4, 0.5) is 0 Å². The van der Waals surface area contributed by atoms with Gasteiger partial charge in [0.15, 0.2) is 0 Å². The molecule has 0 aliphatic heterocycles. The fourth-order valence-electron chi connectivity index (χ4n) is 1.34. The fourth-order valence-corrected chi connectivity index (χ4v) is 1.64. The second kappa shape index (κ2) is 8.09. The predicted octanol–water partition coefficient (Wildman–Crippen LogP) is 0.870. The maximum atomic E-state index is 12.0. The number of halogens is 2. The summed E-state index contributed by atoms with van der Waals surface area (Å²) in [6.45, 7) is 1.41. The Bertz CT molecular complexity index is 504. The van der Waals surface area contributed by atoms with Crippen molar-refractivity contribution in [2.45, 2.75) is 0 Å². The van der Waals surface area contributed by atoms with Gasteiger partial charge in [0.25, 0.3) is 11.9 Å². The summed E-state index contributed by atoms with van der Waals surface area (Å²) >= 11 is 11.7. The summed E-state index contributed by atoms with van der Waals surface area (Å²) in [5, 5.41) is 3.31. The average Bonchev–Trinajstić information content (AvgIpc) is 2.40. The van der Waals surface area contributed by atoms with Gasteiger partial charge in [-0.25, -0.2) is 4.99 Å². The number of methoxy groups -OCH3 is 1. The molecule has 1 amide bonds. The van der Waals surface area contributed by atoms with E-state index in [2.05, 4.69) is 10.3 Å². The van der Waals surface area contributed by atoms with Gasteiger partial charge in [-0.3, -0.25) is 10.1 Å². The van der Waals surface area contributed by atoms with E-state index in [1.54, 1.807) is 12.1 Å². The van der Waals surface area contributed by atoms with E-state index in [9.17, 15) is 4.79 Å². The highest BCUT2D eigenvalue weighted by atomic mass is 35.5. The number of aliphatic imine (C=N–C) groups is 1. The summed E-state index contributed by atoms with van der Waals surface area (Å²) in [6.07, 6.45) is 0. The Balaban J connectivity index is 2.69. The molecule has 0 heterocycles. The summed E-state index contributed by atoms with van der Waals surface area (Å²) in [7, 11) is 5.50. The maximum absolute atomic E-state index is 12.0. The number of nitrogens with one attached hydrogen (secondary N) is 2. The molecule has 110 valence electrons. The van der Waals surface area contributed by atoms with Gasteiger partial charge in [-0.2, -0.15) is 0 Å². The number of nitrogens with zero attached hydrogens (tertiary/aromatic N) is 1. The summed E-state index contributed by atoms with van der Waals surface area (Å²) < 4.78 is 5.03. The van der Waals surface area contributed by atoms with E-state index in [1.807, 2.05) is 14.1 Å². The minimum atomic E-state index is -0.346.